The highest BCUT2D eigenvalue weighted by molar-refractivity contribution is 8.00. The fourth-order valence-electron chi connectivity index (χ4n) is 2.67. The lowest BCUT2D eigenvalue weighted by Gasteiger charge is -2.05. The highest BCUT2D eigenvalue weighted by atomic mass is 32.2. The molecule has 0 atom stereocenters. The van der Waals surface area contributed by atoms with Crippen molar-refractivity contribution in [3.05, 3.63) is 64.9 Å². The first-order valence-corrected chi connectivity index (χ1v) is 10.2. The Hall–Kier alpha value is -2.84. The van der Waals surface area contributed by atoms with E-state index >= 15 is 0 Å². The van der Waals surface area contributed by atoms with Crippen molar-refractivity contribution in [1.82, 2.24) is 10.2 Å². The van der Waals surface area contributed by atoms with E-state index in [1.54, 1.807) is 31.4 Å². The predicted molar refractivity (Wildman–Crippen MR) is 108 cm³/mol. The Labute approximate surface area is 169 Å². The van der Waals surface area contributed by atoms with Gasteiger partial charge in [-0.2, -0.15) is 0 Å². The second kappa shape index (κ2) is 8.04. The lowest BCUT2D eigenvalue weighted by Crippen LogP contribution is -2.09. The minimum Gasteiger partial charge on any atom is -0.497 e. The number of nitrogens with zero attached hydrogens (tertiary/aromatic N) is 2. The quantitative estimate of drug-likeness (QED) is 0.247. The summed E-state index contributed by atoms with van der Waals surface area (Å²) < 4.78 is 17.3. The van der Waals surface area contributed by atoms with E-state index in [1.165, 1.54) is 23.1 Å². The van der Waals surface area contributed by atoms with E-state index in [9.17, 15) is 4.79 Å². The van der Waals surface area contributed by atoms with E-state index in [0.29, 0.717) is 22.8 Å². The molecule has 0 unspecified atom stereocenters. The maximum atomic E-state index is 12.8. The van der Waals surface area contributed by atoms with E-state index in [1.807, 2.05) is 31.2 Å². The zero-order valence-electron chi connectivity index (χ0n) is 15.2. The largest absolute Gasteiger partial charge is 0.497 e. The summed E-state index contributed by atoms with van der Waals surface area (Å²) >= 11 is 3.03. The molecule has 0 radical (unpaired) electrons. The van der Waals surface area contributed by atoms with E-state index < -0.39 is 5.97 Å². The number of rotatable bonds is 6. The third-order valence-electron chi connectivity index (χ3n) is 4.00. The smallest absolute Gasteiger partial charge is 0.379 e. The number of hydrogen-bond acceptors (Lipinski definition) is 8. The first-order valence-electron chi connectivity index (χ1n) is 8.43. The molecule has 8 heteroatoms. The van der Waals surface area contributed by atoms with Gasteiger partial charge < -0.3 is 13.9 Å². The molecular weight excluding hydrogens is 396 g/mol. The van der Waals surface area contributed by atoms with E-state index in [2.05, 4.69) is 10.2 Å². The van der Waals surface area contributed by atoms with Gasteiger partial charge in [-0.3, -0.25) is 0 Å². The molecule has 6 nitrogen and oxygen atoms in total. The average molecular weight is 412 g/mol. The molecular formula is C20H16N2O4S2. The Morgan fingerprint density at radius 2 is 1.86 bits per heavy atom. The van der Waals surface area contributed by atoms with Crippen LogP contribution in [0.25, 0.3) is 11.0 Å². The molecule has 2 heterocycles. The molecule has 2 aromatic carbocycles. The molecule has 0 amide bonds. The van der Waals surface area contributed by atoms with Gasteiger partial charge in [0.1, 0.15) is 22.1 Å². The number of furan rings is 1. The van der Waals surface area contributed by atoms with Gasteiger partial charge in [-0.25, -0.2) is 4.79 Å². The van der Waals surface area contributed by atoms with Gasteiger partial charge in [-0.05, 0) is 37.3 Å². The number of benzene rings is 2. The van der Waals surface area contributed by atoms with Crippen LogP contribution in [0.4, 0.5) is 0 Å². The van der Waals surface area contributed by atoms with Gasteiger partial charge in [0.25, 0.3) is 0 Å². The number of carbonyl (C=O) groups excluding carboxylic acids is 1. The van der Waals surface area contributed by atoms with Gasteiger partial charge in [0, 0.05) is 16.7 Å². The molecule has 0 saturated heterocycles. The normalized spacial score (nSPS) is 10.9. The minimum absolute atomic E-state index is 0.200. The summed E-state index contributed by atoms with van der Waals surface area (Å²) in [6, 6.07) is 14.4. The monoisotopic (exact) mass is 412 g/mol. The fraction of sp³-hybridized carbons (Fsp3) is 0.150. The van der Waals surface area contributed by atoms with Crippen molar-refractivity contribution in [3.8, 4) is 11.5 Å². The van der Waals surface area contributed by atoms with Crippen molar-refractivity contribution >= 4 is 40.0 Å². The number of para-hydroxylation sites is 1. The lowest BCUT2D eigenvalue weighted by molar-refractivity contribution is 0.0702. The van der Waals surface area contributed by atoms with E-state index in [-0.39, 0.29) is 5.76 Å². The molecule has 0 N–H and O–H groups in total. The highest BCUT2D eigenvalue weighted by Gasteiger charge is 2.23. The average Bonchev–Trinajstić information content (AvgIpc) is 3.30. The van der Waals surface area contributed by atoms with Crippen LogP contribution in [0.1, 0.15) is 21.1 Å². The summed E-state index contributed by atoms with van der Waals surface area (Å²) in [6.07, 6.45) is 0. The van der Waals surface area contributed by atoms with Crippen molar-refractivity contribution in [3.63, 3.8) is 0 Å². The number of thioether (sulfide) groups is 1. The van der Waals surface area contributed by atoms with Crippen molar-refractivity contribution in [1.29, 1.82) is 0 Å². The molecule has 0 bridgehead atoms. The van der Waals surface area contributed by atoms with Gasteiger partial charge in [-0.1, -0.05) is 41.3 Å². The van der Waals surface area contributed by atoms with Crippen LogP contribution in [0, 0.1) is 6.92 Å². The number of esters is 1. The third-order valence-corrected chi connectivity index (χ3v) is 6.00. The van der Waals surface area contributed by atoms with Crippen LogP contribution >= 0.6 is 23.1 Å². The molecule has 2 aromatic heterocycles. The number of methoxy groups -OCH3 is 1. The van der Waals surface area contributed by atoms with Crippen LogP contribution in [0.5, 0.6) is 11.5 Å². The summed E-state index contributed by atoms with van der Waals surface area (Å²) in [5.41, 5.74) is 1.43. The highest BCUT2D eigenvalue weighted by Crippen LogP contribution is 2.33. The Morgan fingerprint density at radius 3 is 2.57 bits per heavy atom. The topological polar surface area (TPSA) is 74.5 Å². The summed E-state index contributed by atoms with van der Waals surface area (Å²) in [7, 11) is 1.58. The van der Waals surface area contributed by atoms with Crippen LogP contribution in [0.15, 0.2) is 57.3 Å². The molecule has 0 spiro atoms. The van der Waals surface area contributed by atoms with Crippen molar-refractivity contribution in [2.75, 3.05) is 7.11 Å². The summed E-state index contributed by atoms with van der Waals surface area (Å²) in [6.45, 7) is 1.91. The van der Waals surface area contributed by atoms with Crippen LogP contribution in [0.2, 0.25) is 0 Å². The van der Waals surface area contributed by atoms with Crippen LogP contribution < -0.4 is 9.47 Å². The third kappa shape index (κ3) is 3.88. The molecule has 4 aromatic rings. The zero-order valence-corrected chi connectivity index (χ0v) is 16.8. The van der Waals surface area contributed by atoms with Crippen LogP contribution in [-0.4, -0.2) is 23.3 Å². The molecule has 0 aliphatic rings. The number of aromatic nitrogens is 2. The summed E-state index contributed by atoms with van der Waals surface area (Å²) in [5.74, 6) is 1.30. The van der Waals surface area contributed by atoms with Crippen molar-refractivity contribution < 1.29 is 18.7 Å². The number of fused-ring (bicyclic) bond motifs is 1. The van der Waals surface area contributed by atoms with Gasteiger partial charge in [0.15, 0.2) is 4.34 Å². The Bertz CT molecular complexity index is 1120. The predicted octanol–water partition coefficient (Wildman–Crippen LogP) is 5.11. The second-order valence-corrected chi connectivity index (χ2v) is 8.25. The number of hydrogen-bond donors (Lipinski definition) is 0. The lowest BCUT2D eigenvalue weighted by atomic mass is 10.1. The number of ether oxygens (including phenoxy) is 2. The van der Waals surface area contributed by atoms with Gasteiger partial charge in [0.05, 0.1) is 7.11 Å². The molecule has 142 valence electrons. The van der Waals surface area contributed by atoms with Crippen molar-refractivity contribution in [2.24, 2.45) is 0 Å². The minimum atomic E-state index is -0.537. The Morgan fingerprint density at radius 1 is 1.11 bits per heavy atom. The first kappa shape index (κ1) is 18.5. The van der Waals surface area contributed by atoms with E-state index in [4.69, 9.17) is 13.9 Å². The molecule has 0 aliphatic carbocycles. The maximum absolute atomic E-state index is 12.8. The second-order valence-electron chi connectivity index (χ2n) is 5.85. The van der Waals surface area contributed by atoms with Gasteiger partial charge in [0.2, 0.25) is 5.76 Å². The van der Waals surface area contributed by atoms with Gasteiger partial charge >= 0.3 is 5.97 Å². The number of carbonyl (C=O) groups is 1. The van der Waals surface area contributed by atoms with Crippen molar-refractivity contribution in [2.45, 2.75) is 17.0 Å². The zero-order chi connectivity index (χ0) is 19.5. The molecule has 0 saturated carbocycles. The summed E-state index contributed by atoms with van der Waals surface area (Å²) in [4.78, 5) is 12.8. The fourth-order valence-corrected chi connectivity index (χ4v) is 4.52. The SMILES string of the molecule is COc1ccc(OC(=O)c2oc3ccccc3c2CSc2nnc(C)s2)cc1. The Kier molecular flexibility index (Phi) is 5.31. The molecule has 4 rings (SSSR count). The number of aryl methyl sites for hydroxylation is 1. The van der Waals surface area contributed by atoms with Crippen LogP contribution in [-0.2, 0) is 5.75 Å². The Balaban J connectivity index is 1.61. The molecule has 0 fully saturated rings. The standard InChI is InChI=1S/C20H16N2O4S2/c1-12-21-22-20(28-12)27-11-16-15-5-3-4-6-17(15)26-18(16)19(23)25-14-9-7-13(24-2)8-10-14/h3-10H,11H2,1-2H3. The van der Waals surface area contributed by atoms with Crippen LogP contribution in [0.3, 0.4) is 0 Å². The molecule has 28 heavy (non-hydrogen) atoms. The summed E-state index contributed by atoms with van der Waals surface area (Å²) in [5, 5.41) is 9.94. The maximum Gasteiger partial charge on any atom is 0.379 e. The van der Waals surface area contributed by atoms with E-state index in [0.717, 1.165) is 20.3 Å². The first-order chi connectivity index (χ1) is 13.6. The molecule has 0 aliphatic heterocycles. The van der Waals surface area contributed by atoms with Gasteiger partial charge in [-0.15, -0.1) is 10.2 Å².